The van der Waals surface area contributed by atoms with Crippen molar-refractivity contribution in [1.29, 1.82) is 0 Å². The summed E-state index contributed by atoms with van der Waals surface area (Å²) in [5, 5.41) is 3.64. The minimum atomic E-state index is -0.246. The molecule has 0 unspecified atom stereocenters. The first-order valence-electron chi connectivity index (χ1n) is 14.6. The van der Waals surface area contributed by atoms with E-state index >= 15 is 0 Å². The summed E-state index contributed by atoms with van der Waals surface area (Å²) in [5.41, 5.74) is 6.43. The van der Waals surface area contributed by atoms with E-state index in [1.807, 2.05) is 17.2 Å². The number of carbonyl (C=O) groups excluding carboxylic acids is 1. The normalized spacial score (nSPS) is 22.0. The molecule has 0 radical (unpaired) electrons. The molecule has 1 saturated heterocycles. The van der Waals surface area contributed by atoms with Crippen LogP contribution in [0.1, 0.15) is 48.7 Å². The van der Waals surface area contributed by atoms with Gasteiger partial charge in [0.15, 0.2) is 0 Å². The first-order chi connectivity index (χ1) is 19.7. The van der Waals surface area contributed by atoms with Gasteiger partial charge in [-0.1, -0.05) is 32.0 Å². The third-order valence-electron chi connectivity index (χ3n) is 8.85. The molecule has 1 fully saturated rings. The second-order valence-electron chi connectivity index (χ2n) is 12.6. The number of benzene rings is 2. The van der Waals surface area contributed by atoms with E-state index in [9.17, 15) is 9.18 Å². The van der Waals surface area contributed by atoms with Gasteiger partial charge < -0.3 is 15.0 Å². The summed E-state index contributed by atoms with van der Waals surface area (Å²) in [6.45, 7) is 12.0. The number of fused-ring (bicyclic) bond motifs is 2. The molecule has 2 atom stereocenters. The van der Waals surface area contributed by atoms with E-state index in [-0.39, 0.29) is 23.2 Å². The van der Waals surface area contributed by atoms with Crippen LogP contribution in [0, 0.1) is 5.82 Å². The number of methoxy groups -OCH3 is 1. The van der Waals surface area contributed by atoms with E-state index in [4.69, 9.17) is 9.72 Å². The van der Waals surface area contributed by atoms with Crippen molar-refractivity contribution in [2.45, 2.75) is 57.8 Å². The summed E-state index contributed by atoms with van der Waals surface area (Å²) >= 11 is 0. The molecule has 41 heavy (non-hydrogen) atoms. The second kappa shape index (κ2) is 11.2. The highest BCUT2D eigenvalue weighted by atomic mass is 19.1. The Hall–Kier alpha value is -3.33. The minimum Gasteiger partial charge on any atom is -0.497 e. The van der Waals surface area contributed by atoms with E-state index in [0.29, 0.717) is 25.6 Å². The van der Waals surface area contributed by atoms with Crippen LogP contribution in [0.4, 0.5) is 10.1 Å². The molecular formula is C33H40FN5O2. The summed E-state index contributed by atoms with van der Waals surface area (Å²) in [7, 11) is 1.71. The van der Waals surface area contributed by atoms with Crippen LogP contribution in [0.15, 0.2) is 54.7 Å². The molecule has 0 bridgehead atoms. The summed E-state index contributed by atoms with van der Waals surface area (Å²) in [6.07, 6.45) is 2.52. The highest BCUT2D eigenvalue weighted by Gasteiger charge is 2.40. The van der Waals surface area contributed by atoms with Gasteiger partial charge in [0.05, 0.1) is 19.3 Å². The summed E-state index contributed by atoms with van der Waals surface area (Å²) in [5.74, 6) is 0.782. The van der Waals surface area contributed by atoms with Crippen LogP contribution in [0.3, 0.4) is 0 Å². The number of rotatable bonds is 7. The topological polar surface area (TPSA) is 60.9 Å². The zero-order valence-corrected chi connectivity index (χ0v) is 24.5. The lowest BCUT2D eigenvalue weighted by atomic mass is 9.88. The lowest BCUT2D eigenvalue weighted by Gasteiger charge is -2.41. The zero-order valence-electron chi connectivity index (χ0n) is 24.5. The smallest absolute Gasteiger partial charge is 0.241 e. The van der Waals surface area contributed by atoms with Gasteiger partial charge in [-0.3, -0.25) is 19.6 Å². The number of hydrogen-bond acceptors (Lipinski definition) is 6. The molecule has 3 aromatic rings. The number of nitrogens with one attached hydrogen (secondary N) is 1. The average molecular weight is 558 g/mol. The first-order valence-corrected chi connectivity index (χ1v) is 14.6. The van der Waals surface area contributed by atoms with Crippen molar-refractivity contribution in [2.75, 3.05) is 44.7 Å². The highest BCUT2D eigenvalue weighted by Crippen LogP contribution is 2.40. The third-order valence-corrected chi connectivity index (χ3v) is 8.85. The van der Waals surface area contributed by atoms with Crippen LogP contribution in [-0.4, -0.2) is 72.6 Å². The van der Waals surface area contributed by atoms with Crippen molar-refractivity contribution in [2.24, 2.45) is 0 Å². The largest absolute Gasteiger partial charge is 0.497 e. The van der Waals surface area contributed by atoms with Crippen molar-refractivity contribution in [3.8, 4) is 5.75 Å². The van der Waals surface area contributed by atoms with Crippen molar-refractivity contribution >= 4 is 11.6 Å². The van der Waals surface area contributed by atoms with E-state index in [0.717, 1.165) is 61.0 Å². The van der Waals surface area contributed by atoms with Crippen molar-refractivity contribution < 1.29 is 13.9 Å². The highest BCUT2D eigenvalue weighted by molar-refractivity contribution is 5.97. The maximum absolute atomic E-state index is 14.0. The SMILES string of the molecule is COc1ccc2c(c1)CN(C[C@H]1CN[C@H](C)CN1CC(=O)N1CC(C)(C)c3cnc(Cc4ccc(F)cc4)cc31)C2. The molecule has 2 aromatic carbocycles. The Morgan fingerprint density at radius 2 is 1.90 bits per heavy atom. The Labute approximate surface area is 242 Å². The van der Waals surface area contributed by atoms with Crippen LogP contribution < -0.4 is 15.0 Å². The number of carbonyl (C=O) groups is 1. The predicted molar refractivity (Wildman–Crippen MR) is 159 cm³/mol. The molecule has 8 heteroatoms. The fraction of sp³-hybridized carbons (Fsp3) is 0.455. The van der Waals surface area contributed by atoms with Crippen molar-refractivity contribution in [3.63, 3.8) is 0 Å². The molecule has 0 saturated carbocycles. The van der Waals surface area contributed by atoms with Gasteiger partial charge in [-0.25, -0.2) is 4.39 Å². The Kier molecular flexibility index (Phi) is 7.57. The minimum absolute atomic E-state index is 0.129. The van der Waals surface area contributed by atoms with E-state index in [1.165, 1.54) is 23.3 Å². The van der Waals surface area contributed by atoms with Gasteiger partial charge in [-0.15, -0.1) is 0 Å². The lowest BCUT2D eigenvalue weighted by molar-refractivity contribution is -0.120. The van der Waals surface area contributed by atoms with Crippen LogP contribution in [-0.2, 0) is 29.7 Å². The fourth-order valence-electron chi connectivity index (χ4n) is 6.59. The fourth-order valence-corrected chi connectivity index (χ4v) is 6.59. The van der Waals surface area contributed by atoms with Gasteiger partial charge in [-0.2, -0.15) is 0 Å². The molecule has 4 heterocycles. The number of amides is 1. The van der Waals surface area contributed by atoms with Gasteiger partial charge in [0.25, 0.3) is 0 Å². The number of halogens is 1. The monoisotopic (exact) mass is 557 g/mol. The number of aromatic nitrogens is 1. The number of piperazine rings is 1. The Balaban J connectivity index is 1.17. The maximum atomic E-state index is 14.0. The van der Waals surface area contributed by atoms with Gasteiger partial charge in [0.2, 0.25) is 5.91 Å². The quantitative estimate of drug-likeness (QED) is 0.472. The maximum Gasteiger partial charge on any atom is 0.241 e. The Morgan fingerprint density at radius 3 is 2.68 bits per heavy atom. The van der Waals surface area contributed by atoms with Crippen LogP contribution >= 0.6 is 0 Å². The molecular weight excluding hydrogens is 517 g/mol. The molecule has 6 rings (SSSR count). The molecule has 3 aliphatic rings. The van der Waals surface area contributed by atoms with Gasteiger partial charge in [0, 0.05) is 80.6 Å². The Bertz CT molecular complexity index is 1430. The summed E-state index contributed by atoms with van der Waals surface area (Å²) < 4.78 is 18.8. The molecule has 7 nitrogen and oxygen atoms in total. The molecule has 1 aromatic heterocycles. The Morgan fingerprint density at radius 1 is 1.12 bits per heavy atom. The zero-order chi connectivity index (χ0) is 28.7. The van der Waals surface area contributed by atoms with Crippen LogP contribution in [0.2, 0.25) is 0 Å². The van der Waals surface area contributed by atoms with Gasteiger partial charge in [-0.05, 0) is 53.9 Å². The number of anilines is 1. The standard InChI is InChI=1S/C33H40FN5O2/c1-22-16-38(28(14-35-22)19-37-17-24-7-10-29(41-4)12-25(24)18-37)20-32(40)39-21-33(2,3)30-15-36-27(13-31(30)39)11-23-5-8-26(34)9-6-23/h5-10,12-13,15,22,28,35H,11,14,16-21H2,1-4H3/t22-,28-/m1/s1. The van der Waals surface area contributed by atoms with Crippen molar-refractivity contribution in [3.05, 3.63) is 88.5 Å². The molecule has 1 amide bonds. The number of pyridine rings is 1. The predicted octanol–water partition coefficient (Wildman–Crippen LogP) is 4.12. The molecule has 1 N–H and O–H groups in total. The third kappa shape index (κ3) is 5.87. The number of ether oxygens (including phenoxy) is 1. The summed E-state index contributed by atoms with van der Waals surface area (Å²) in [6, 6.07) is 15.5. The summed E-state index contributed by atoms with van der Waals surface area (Å²) in [4.78, 5) is 25.5. The van der Waals surface area contributed by atoms with Gasteiger partial charge in [0.1, 0.15) is 11.6 Å². The number of nitrogens with zero attached hydrogens (tertiary/aromatic N) is 4. The molecule has 3 aliphatic heterocycles. The average Bonchev–Trinajstić information content (AvgIpc) is 3.47. The molecule has 216 valence electrons. The van der Waals surface area contributed by atoms with E-state index in [2.05, 4.69) is 54.1 Å². The first kappa shape index (κ1) is 27.8. The number of hydrogen-bond donors (Lipinski definition) is 1. The lowest BCUT2D eigenvalue weighted by Crippen LogP contribution is -2.60. The van der Waals surface area contributed by atoms with Gasteiger partial charge >= 0.3 is 0 Å². The van der Waals surface area contributed by atoms with E-state index < -0.39 is 0 Å². The second-order valence-corrected chi connectivity index (χ2v) is 12.6. The van der Waals surface area contributed by atoms with E-state index in [1.54, 1.807) is 19.2 Å². The molecule has 0 aliphatic carbocycles. The molecule has 0 spiro atoms. The van der Waals surface area contributed by atoms with Crippen LogP contribution in [0.25, 0.3) is 0 Å². The van der Waals surface area contributed by atoms with Crippen LogP contribution in [0.5, 0.6) is 5.75 Å². The van der Waals surface area contributed by atoms with Crippen molar-refractivity contribution in [1.82, 2.24) is 20.1 Å².